The average Bonchev–Trinajstić information content (AvgIpc) is 1.89. The predicted molar refractivity (Wildman–Crippen MR) is 38.4 cm³/mol. The Labute approximate surface area is 56.6 Å². The van der Waals surface area contributed by atoms with Crippen molar-refractivity contribution in [2.45, 2.75) is 12.5 Å². The van der Waals surface area contributed by atoms with Gasteiger partial charge in [-0.3, -0.25) is 0 Å². The first kappa shape index (κ1) is 8.88. The maximum atomic E-state index is 5.46. The Morgan fingerprint density at radius 1 is 1.67 bits per heavy atom. The number of ether oxygens (including phenoxy) is 1. The van der Waals surface area contributed by atoms with E-state index in [-0.39, 0.29) is 5.54 Å². The summed E-state index contributed by atoms with van der Waals surface area (Å²) < 4.78 is 4.95. The van der Waals surface area contributed by atoms with Crippen LogP contribution in [0.2, 0.25) is 0 Å². The van der Waals surface area contributed by atoms with Gasteiger partial charge in [0.1, 0.15) is 0 Å². The quantitative estimate of drug-likeness (QED) is 0.545. The van der Waals surface area contributed by atoms with Crippen molar-refractivity contribution in [3.8, 4) is 0 Å². The monoisotopic (exact) mass is 132 g/mol. The van der Waals surface area contributed by atoms with Crippen LogP contribution >= 0.6 is 0 Å². The molecule has 0 aliphatic rings. The molecule has 0 aromatic heterocycles. The molecule has 3 nitrogen and oxygen atoms in total. The highest BCUT2D eigenvalue weighted by Gasteiger charge is 2.18. The van der Waals surface area contributed by atoms with Gasteiger partial charge in [-0.2, -0.15) is 0 Å². The van der Waals surface area contributed by atoms with E-state index in [0.29, 0.717) is 13.2 Å². The third-order valence-corrected chi connectivity index (χ3v) is 1.52. The molecule has 0 saturated heterocycles. The Bertz CT molecular complexity index is 71.5. The topological polar surface area (TPSA) is 47.3 Å². The normalized spacial score (nSPS) is 17.3. The van der Waals surface area contributed by atoms with Crippen LogP contribution < -0.4 is 11.1 Å². The largest absolute Gasteiger partial charge is 0.383 e. The summed E-state index contributed by atoms with van der Waals surface area (Å²) in [6.45, 7) is 3.27. The number of hydrogen-bond acceptors (Lipinski definition) is 3. The van der Waals surface area contributed by atoms with Crippen LogP contribution in [-0.2, 0) is 4.74 Å². The van der Waals surface area contributed by atoms with E-state index in [1.807, 2.05) is 14.0 Å². The van der Waals surface area contributed by atoms with E-state index in [9.17, 15) is 0 Å². The average molecular weight is 132 g/mol. The van der Waals surface area contributed by atoms with Gasteiger partial charge in [0.15, 0.2) is 0 Å². The van der Waals surface area contributed by atoms with Gasteiger partial charge in [0.25, 0.3) is 0 Å². The number of nitrogens with one attached hydrogen (secondary N) is 1. The summed E-state index contributed by atoms with van der Waals surface area (Å²) >= 11 is 0. The van der Waals surface area contributed by atoms with Gasteiger partial charge in [0.05, 0.1) is 12.1 Å². The van der Waals surface area contributed by atoms with Gasteiger partial charge in [0, 0.05) is 13.7 Å². The van der Waals surface area contributed by atoms with Crippen molar-refractivity contribution in [3.63, 3.8) is 0 Å². The van der Waals surface area contributed by atoms with Crippen molar-refractivity contribution in [2.75, 3.05) is 27.3 Å². The number of nitrogens with two attached hydrogens (primary N) is 1. The summed E-state index contributed by atoms with van der Waals surface area (Å²) in [5.41, 5.74) is 5.40. The van der Waals surface area contributed by atoms with Gasteiger partial charge in [-0.05, 0) is 14.0 Å². The molecule has 0 aliphatic carbocycles. The van der Waals surface area contributed by atoms with Crippen molar-refractivity contribution in [1.29, 1.82) is 0 Å². The van der Waals surface area contributed by atoms with Crippen LogP contribution in [0.3, 0.4) is 0 Å². The molecule has 0 spiro atoms. The first-order valence-electron chi connectivity index (χ1n) is 3.06. The number of hydrogen-bond donors (Lipinski definition) is 2. The highest BCUT2D eigenvalue weighted by Crippen LogP contribution is 1.98. The molecular formula is C6H16N2O. The van der Waals surface area contributed by atoms with E-state index in [1.165, 1.54) is 0 Å². The Kier molecular flexibility index (Phi) is 3.77. The Morgan fingerprint density at radius 2 is 2.22 bits per heavy atom. The molecule has 0 radical (unpaired) electrons. The molecule has 3 N–H and O–H groups in total. The lowest BCUT2D eigenvalue weighted by atomic mass is 10.1. The lowest BCUT2D eigenvalue weighted by Gasteiger charge is -2.25. The first-order chi connectivity index (χ1) is 4.18. The molecule has 1 unspecified atom stereocenters. The van der Waals surface area contributed by atoms with Crippen LogP contribution in [0.5, 0.6) is 0 Å². The standard InChI is InChI=1S/C6H16N2O/c1-6(4-7,8-2)5-9-3/h8H,4-5,7H2,1-3H3. The molecular weight excluding hydrogens is 116 g/mol. The van der Waals surface area contributed by atoms with Crippen LogP contribution in [0.1, 0.15) is 6.92 Å². The zero-order valence-corrected chi connectivity index (χ0v) is 6.40. The van der Waals surface area contributed by atoms with E-state index < -0.39 is 0 Å². The van der Waals surface area contributed by atoms with Crippen molar-refractivity contribution in [3.05, 3.63) is 0 Å². The van der Waals surface area contributed by atoms with E-state index in [2.05, 4.69) is 5.32 Å². The fourth-order valence-corrected chi connectivity index (χ4v) is 0.552. The molecule has 0 rings (SSSR count). The Morgan fingerprint density at radius 3 is 2.33 bits per heavy atom. The molecule has 0 heterocycles. The zero-order valence-electron chi connectivity index (χ0n) is 6.40. The summed E-state index contributed by atoms with van der Waals surface area (Å²) in [5.74, 6) is 0. The minimum Gasteiger partial charge on any atom is -0.383 e. The highest BCUT2D eigenvalue weighted by atomic mass is 16.5. The van der Waals surface area contributed by atoms with E-state index in [1.54, 1.807) is 7.11 Å². The third-order valence-electron chi connectivity index (χ3n) is 1.52. The van der Waals surface area contributed by atoms with Crippen LogP contribution in [0.25, 0.3) is 0 Å². The Hall–Kier alpha value is -0.120. The second kappa shape index (κ2) is 3.82. The highest BCUT2D eigenvalue weighted by molar-refractivity contribution is 4.81. The predicted octanol–water partition coefficient (Wildman–Crippen LogP) is -0.430. The van der Waals surface area contributed by atoms with E-state index in [4.69, 9.17) is 10.5 Å². The second-order valence-electron chi connectivity index (χ2n) is 2.45. The third kappa shape index (κ3) is 2.79. The minimum absolute atomic E-state index is 0.0608. The summed E-state index contributed by atoms with van der Waals surface area (Å²) in [6, 6.07) is 0. The SMILES string of the molecule is CNC(C)(CN)COC. The maximum Gasteiger partial charge on any atom is 0.0654 e. The Balaban J connectivity index is 3.62. The molecule has 0 aliphatic heterocycles. The van der Waals surface area contributed by atoms with Crippen LogP contribution in [0, 0.1) is 0 Å². The van der Waals surface area contributed by atoms with Gasteiger partial charge in [-0.1, -0.05) is 0 Å². The van der Waals surface area contributed by atoms with Crippen LogP contribution in [0.15, 0.2) is 0 Å². The summed E-state index contributed by atoms with van der Waals surface area (Å²) in [5, 5.41) is 3.08. The van der Waals surface area contributed by atoms with Crippen molar-refractivity contribution in [1.82, 2.24) is 5.32 Å². The second-order valence-corrected chi connectivity index (χ2v) is 2.45. The van der Waals surface area contributed by atoms with Gasteiger partial charge in [-0.15, -0.1) is 0 Å². The smallest absolute Gasteiger partial charge is 0.0654 e. The van der Waals surface area contributed by atoms with Crippen molar-refractivity contribution < 1.29 is 4.74 Å². The van der Waals surface area contributed by atoms with E-state index in [0.717, 1.165) is 0 Å². The summed E-state index contributed by atoms with van der Waals surface area (Å²) in [4.78, 5) is 0. The first-order valence-corrected chi connectivity index (χ1v) is 3.06. The lowest BCUT2D eigenvalue weighted by molar-refractivity contribution is 0.128. The molecule has 0 bridgehead atoms. The molecule has 0 saturated carbocycles. The fourth-order valence-electron chi connectivity index (χ4n) is 0.552. The molecule has 0 fully saturated rings. The van der Waals surface area contributed by atoms with Crippen molar-refractivity contribution in [2.24, 2.45) is 5.73 Å². The molecule has 0 aromatic rings. The van der Waals surface area contributed by atoms with Crippen LogP contribution in [-0.4, -0.2) is 32.8 Å². The molecule has 3 heteroatoms. The molecule has 1 atom stereocenters. The number of likely N-dealkylation sites (N-methyl/N-ethyl adjacent to an activating group) is 1. The zero-order chi connectivity index (χ0) is 7.33. The van der Waals surface area contributed by atoms with Gasteiger partial charge < -0.3 is 15.8 Å². The number of rotatable bonds is 4. The van der Waals surface area contributed by atoms with Crippen LogP contribution in [0.4, 0.5) is 0 Å². The molecule has 0 aromatic carbocycles. The fraction of sp³-hybridized carbons (Fsp3) is 1.00. The summed E-state index contributed by atoms with van der Waals surface area (Å²) in [7, 11) is 3.55. The lowest BCUT2D eigenvalue weighted by Crippen LogP contribution is -2.50. The van der Waals surface area contributed by atoms with Crippen molar-refractivity contribution >= 4 is 0 Å². The molecule has 9 heavy (non-hydrogen) atoms. The van der Waals surface area contributed by atoms with E-state index >= 15 is 0 Å². The summed E-state index contributed by atoms with van der Waals surface area (Å²) in [6.07, 6.45) is 0. The molecule has 56 valence electrons. The minimum atomic E-state index is -0.0608. The number of methoxy groups -OCH3 is 1. The van der Waals surface area contributed by atoms with Gasteiger partial charge in [0.2, 0.25) is 0 Å². The molecule has 0 amide bonds. The maximum absolute atomic E-state index is 5.46. The van der Waals surface area contributed by atoms with Gasteiger partial charge >= 0.3 is 0 Å². The van der Waals surface area contributed by atoms with Gasteiger partial charge in [-0.25, -0.2) is 0 Å².